The van der Waals surface area contributed by atoms with Crippen molar-refractivity contribution in [3.05, 3.63) is 23.3 Å². The summed E-state index contributed by atoms with van der Waals surface area (Å²) < 4.78 is 5.52. The van der Waals surface area contributed by atoms with Crippen LogP contribution < -0.4 is 11.5 Å². The Hall–Kier alpha value is -1.75. The van der Waals surface area contributed by atoms with Crippen LogP contribution in [0.1, 0.15) is 28.8 Å². The Morgan fingerprint density at radius 1 is 1.32 bits per heavy atom. The zero-order valence-electron chi connectivity index (χ0n) is 11.5. The summed E-state index contributed by atoms with van der Waals surface area (Å²) in [4.78, 5) is 14.4. The number of nitrogen functional groups attached to an aromatic ring is 2. The minimum Gasteiger partial charge on any atom is -0.459 e. The molecule has 0 amide bonds. The quantitative estimate of drug-likeness (QED) is 0.623. The predicted molar refractivity (Wildman–Crippen MR) is 75.9 cm³/mol. The van der Waals surface area contributed by atoms with E-state index in [-0.39, 0.29) is 12.1 Å². The van der Waals surface area contributed by atoms with Gasteiger partial charge in [0.1, 0.15) is 6.10 Å². The molecular weight excluding hydrogens is 242 g/mol. The second-order valence-corrected chi connectivity index (χ2v) is 5.22. The lowest BCUT2D eigenvalue weighted by atomic mass is 10.1. The van der Waals surface area contributed by atoms with Crippen LogP contribution in [-0.2, 0) is 4.74 Å². The van der Waals surface area contributed by atoms with Gasteiger partial charge in [0.15, 0.2) is 0 Å². The number of piperidine rings is 1. The monoisotopic (exact) mass is 263 g/mol. The number of likely N-dealkylation sites (tertiary alicyclic amines) is 1. The molecule has 0 atom stereocenters. The third-order valence-electron chi connectivity index (χ3n) is 3.52. The molecule has 0 aromatic heterocycles. The highest BCUT2D eigenvalue weighted by atomic mass is 16.5. The van der Waals surface area contributed by atoms with Gasteiger partial charge in [-0.05, 0) is 44.5 Å². The van der Waals surface area contributed by atoms with Crippen LogP contribution in [0.25, 0.3) is 0 Å². The van der Waals surface area contributed by atoms with Gasteiger partial charge in [0.25, 0.3) is 0 Å². The normalized spacial score (nSPS) is 17.4. The number of hydrogen-bond donors (Lipinski definition) is 2. The van der Waals surface area contributed by atoms with Gasteiger partial charge in [-0.1, -0.05) is 0 Å². The number of esters is 1. The molecule has 1 aromatic carbocycles. The number of rotatable bonds is 2. The van der Waals surface area contributed by atoms with Crippen molar-refractivity contribution in [2.45, 2.75) is 25.9 Å². The molecule has 0 spiro atoms. The molecule has 1 fully saturated rings. The summed E-state index contributed by atoms with van der Waals surface area (Å²) in [5.74, 6) is -0.373. The number of benzene rings is 1. The smallest absolute Gasteiger partial charge is 0.340 e. The number of nitrogens with zero attached hydrogens (tertiary/aromatic N) is 1. The van der Waals surface area contributed by atoms with E-state index in [1.54, 1.807) is 12.1 Å². The average molecular weight is 263 g/mol. The van der Waals surface area contributed by atoms with Crippen molar-refractivity contribution in [2.75, 3.05) is 31.6 Å². The highest BCUT2D eigenvalue weighted by molar-refractivity contribution is 5.98. The Morgan fingerprint density at radius 3 is 2.58 bits per heavy atom. The molecule has 19 heavy (non-hydrogen) atoms. The first-order valence-electron chi connectivity index (χ1n) is 6.52. The fourth-order valence-electron chi connectivity index (χ4n) is 2.31. The van der Waals surface area contributed by atoms with Gasteiger partial charge in [-0.2, -0.15) is 0 Å². The first-order valence-corrected chi connectivity index (χ1v) is 6.52. The molecule has 1 aliphatic rings. The fraction of sp³-hybridized carbons (Fsp3) is 0.500. The van der Waals surface area contributed by atoms with Crippen molar-refractivity contribution in [1.29, 1.82) is 0 Å². The maximum atomic E-state index is 12.1. The summed E-state index contributed by atoms with van der Waals surface area (Å²) >= 11 is 0. The van der Waals surface area contributed by atoms with Crippen LogP contribution in [0.3, 0.4) is 0 Å². The molecule has 5 nitrogen and oxygen atoms in total. The molecule has 1 heterocycles. The average Bonchev–Trinajstić information content (AvgIpc) is 2.36. The molecular formula is C14H21N3O2. The summed E-state index contributed by atoms with van der Waals surface area (Å²) in [6, 6.07) is 3.48. The summed E-state index contributed by atoms with van der Waals surface area (Å²) in [6.45, 7) is 3.77. The summed E-state index contributed by atoms with van der Waals surface area (Å²) in [6.07, 6.45) is 1.71. The molecule has 4 N–H and O–H groups in total. The first kappa shape index (κ1) is 13.7. The molecule has 5 heteroatoms. The molecule has 1 aromatic rings. The van der Waals surface area contributed by atoms with E-state index in [0.29, 0.717) is 16.9 Å². The van der Waals surface area contributed by atoms with Crippen LogP contribution in [0.2, 0.25) is 0 Å². The largest absolute Gasteiger partial charge is 0.459 e. The van der Waals surface area contributed by atoms with Crippen LogP contribution in [0.5, 0.6) is 0 Å². The van der Waals surface area contributed by atoms with Gasteiger partial charge in [-0.15, -0.1) is 0 Å². The topological polar surface area (TPSA) is 81.6 Å². The molecule has 0 radical (unpaired) electrons. The summed E-state index contributed by atoms with van der Waals surface area (Å²) in [7, 11) is 2.07. The second-order valence-electron chi connectivity index (χ2n) is 5.22. The maximum absolute atomic E-state index is 12.1. The molecule has 104 valence electrons. The number of carbonyl (C=O) groups is 1. The standard InChI is InChI=1S/C14H21N3O2/c1-9-7-11(13(16)12(15)8-9)14(18)19-10-3-5-17(2)6-4-10/h7-8,10H,3-6,15-16H2,1-2H3. The van der Waals surface area contributed by atoms with Crippen molar-refractivity contribution in [3.8, 4) is 0 Å². The van der Waals surface area contributed by atoms with Gasteiger partial charge < -0.3 is 21.1 Å². The fourth-order valence-corrected chi connectivity index (χ4v) is 2.31. The minimum atomic E-state index is -0.373. The van der Waals surface area contributed by atoms with Gasteiger partial charge in [-0.25, -0.2) is 4.79 Å². The van der Waals surface area contributed by atoms with E-state index in [1.165, 1.54) is 0 Å². The lowest BCUT2D eigenvalue weighted by Gasteiger charge is -2.28. The summed E-state index contributed by atoms with van der Waals surface area (Å²) in [5, 5.41) is 0. The summed E-state index contributed by atoms with van der Waals surface area (Å²) in [5.41, 5.74) is 13.6. The lowest BCUT2D eigenvalue weighted by molar-refractivity contribution is 0.0140. The van der Waals surface area contributed by atoms with Gasteiger partial charge in [0.2, 0.25) is 0 Å². The van der Waals surface area contributed by atoms with E-state index < -0.39 is 0 Å². The SMILES string of the molecule is Cc1cc(N)c(N)c(C(=O)OC2CCN(C)CC2)c1. The Morgan fingerprint density at radius 2 is 1.95 bits per heavy atom. The van der Waals surface area contributed by atoms with Crippen molar-refractivity contribution in [1.82, 2.24) is 4.90 Å². The van der Waals surface area contributed by atoms with Gasteiger partial charge in [0, 0.05) is 13.1 Å². The number of anilines is 2. The van der Waals surface area contributed by atoms with Crippen LogP contribution >= 0.6 is 0 Å². The van der Waals surface area contributed by atoms with Gasteiger partial charge in [-0.3, -0.25) is 0 Å². The van der Waals surface area contributed by atoms with E-state index >= 15 is 0 Å². The highest BCUT2D eigenvalue weighted by Crippen LogP contribution is 2.24. The Kier molecular flexibility index (Phi) is 3.95. The Balaban J connectivity index is 2.08. The van der Waals surface area contributed by atoms with E-state index in [0.717, 1.165) is 31.5 Å². The maximum Gasteiger partial charge on any atom is 0.340 e. The Labute approximate surface area is 113 Å². The second kappa shape index (κ2) is 5.48. The molecule has 0 saturated carbocycles. The first-order chi connectivity index (χ1) is 8.97. The van der Waals surface area contributed by atoms with E-state index in [9.17, 15) is 4.79 Å². The Bertz CT molecular complexity index is 480. The number of aryl methyl sites for hydroxylation is 1. The molecule has 0 bridgehead atoms. The molecule has 1 aliphatic heterocycles. The third kappa shape index (κ3) is 3.17. The predicted octanol–water partition coefficient (Wildman–Crippen LogP) is 1.41. The van der Waals surface area contributed by atoms with E-state index in [4.69, 9.17) is 16.2 Å². The molecule has 2 rings (SSSR count). The zero-order chi connectivity index (χ0) is 14.0. The van der Waals surface area contributed by atoms with Gasteiger partial charge in [0.05, 0.1) is 16.9 Å². The number of nitrogens with two attached hydrogens (primary N) is 2. The van der Waals surface area contributed by atoms with E-state index in [2.05, 4.69) is 11.9 Å². The van der Waals surface area contributed by atoms with Crippen LogP contribution in [0.4, 0.5) is 11.4 Å². The van der Waals surface area contributed by atoms with Crippen LogP contribution in [0.15, 0.2) is 12.1 Å². The number of hydrogen-bond acceptors (Lipinski definition) is 5. The number of ether oxygens (including phenoxy) is 1. The molecule has 0 unspecified atom stereocenters. The lowest BCUT2D eigenvalue weighted by Crippen LogP contribution is -2.35. The molecule has 1 saturated heterocycles. The van der Waals surface area contributed by atoms with Gasteiger partial charge >= 0.3 is 5.97 Å². The zero-order valence-corrected chi connectivity index (χ0v) is 11.5. The highest BCUT2D eigenvalue weighted by Gasteiger charge is 2.22. The van der Waals surface area contributed by atoms with Crippen LogP contribution in [0, 0.1) is 6.92 Å². The number of carbonyl (C=O) groups excluding carboxylic acids is 1. The van der Waals surface area contributed by atoms with Crippen LogP contribution in [-0.4, -0.2) is 37.1 Å². The van der Waals surface area contributed by atoms with Crippen molar-refractivity contribution in [3.63, 3.8) is 0 Å². The van der Waals surface area contributed by atoms with Crippen molar-refractivity contribution >= 4 is 17.3 Å². The minimum absolute atomic E-state index is 0.0233. The van der Waals surface area contributed by atoms with Crippen molar-refractivity contribution < 1.29 is 9.53 Å². The van der Waals surface area contributed by atoms with Crippen molar-refractivity contribution in [2.24, 2.45) is 0 Å². The molecule has 0 aliphatic carbocycles. The third-order valence-corrected chi connectivity index (χ3v) is 3.52. The van der Waals surface area contributed by atoms with E-state index in [1.807, 2.05) is 6.92 Å².